The lowest BCUT2D eigenvalue weighted by Crippen LogP contribution is -2.46. The highest BCUT2D eigenvalue weighted by molar-refractivity contribution is 5.96. The van der Waals surface area contributed by atoms with Crippen molar-refractivity contribution in [2.45, 2.75) is 44.4 Å². The van der Waals surface area contributed by atoms with Crippen LogP contribution in [-0.4, -0.2) is 35.3 Å². The summed E-state index contributed by atoms with van der Waals surface area (Å²) in [5, 5.41) is 12.1. The summed E-state index contributed by atoms with van der Waals surface area (Å²) in [7, 11) is 0. The van der Waals surface area contributed by atoms with Crippen LogP contribution < -0.4 is 10.1 Å². The number of benzene rings is 1. The molecule has 1 N–H and O–H groups in total. The molecule has 2 aromatic rings. The molecule has 1 saturated carbocycles. The summed E-state index contributed by atoms with van der Waals surface area (Å²) in [6.45, 7) is 0.654. The maximum absolute atomic E-state index is 12.8. The predicted octanol–water partition coefficient (Wildman–Crippen LogP) is 2.61. The molecule has 1 unspecified atom stereocenters. The van der Waals surface area contributed by atoms with E-state index in [2.05, 4.69) is 11.4 Å². The Labute approximate surface area is 162 Å². The van der Waals surface area contributed by atoms with Gasteiger partial charge in [0.25, 0.3) is 5.91 Å². The van der Waals surface area contributed by atoms with Gasteiger partial charge in [-0.3, -0.25) is 9.59 Å². The summed E-state index contributed by atoms with van der Waals surface area (Å²) in [5.74, 6) is 0.784. The van der Waals surface area contributed by atoms with Gasteiger partial charge < -0.3 is 19.4 Å². The third kappa shape index (κ3) is 3.86. The Morgan fingerprint density at radius 3 is 2.82 bits per heavy atom. The van der Waals surface area contributed by atoms with Crippen LogP contribution in [0.15, 0.2) is 40.8 Å². The lowest BCUT2D eigenvalue weighted by molar-refractivity contribution is -0.125. The van der Waals surface area contributed by atoms with E-state index in [1.54, 1.807) is 41.3 Å². The molecule has 144 valence electrons. The number of hydrogen-bond donors (Lipinski definition) is 1. The number of nitrogens with one attached hydrogen (secondary N) is 1. The summed E-state index contributed by atoms with van der Waals surface area (Å²) >= 11 is 0. The molecule has 0 spiro atoms. The quantitative estimate of drug-likeness (QED) is 0.832. The monoisotopic (exact) mass is 379 g/mol. The zero-order valence-corrected chi connectivity index (χ0v) is 15.4. The maximum atomic E-state index is 12.8. The molecule has 2 amide bonds. The SMILES string of the molecule is N#Cc1ccccc1OCc1ccc(C(=O)N2CCCC2C(=O)NC2CC2)o1. The number of ether oxygens (including phenoxy) is 1. The van der Waals surface area contributed by atoms with E-state index in [4.69, 9.17) is 14.4 Å². The van der Waals surface area contributed by atoms with E-state index in [1.807, 2.05) is 0 Å². The molecule has 4 rings (SSSR count). The molecule has 1 aliphatic heterocycles. The fourth-order valence-electron chi connectivity index (χ4n) is 3.35. The third-order valence-corrected chi connectivity index (χ3v) is 4.99. The minimum absolute atomic E-state index is 0.0726. The molecule has 28 heavy (non-hydrogen) atoms. The molecule has 1 aromatic heterocycles. The summed E-state index contributed by atoms with van der Waals surface area (Å²) in [4.78, 5) is 26.8. The van der Waals surface area contributed by atoms with Crippen LogP contribution >= 0.6 is 0 Å². The lowest BCUT2D eigenvalue weighted by Gasteiger charge is -2.23. The number of amides is 2. The number of para-hydroxylation sites is 1. The molecular weight excluding hydrogens is 358 g/mol. The number of likely N-dealkylation sites (tertiary alicyclic amines) is 1. The zero-order valence-electron chi connectivity index (χ0n) is 15.4. The predicted molar refractivity (Wildman–Crippen MR) is 99.4 cm³/mol. The highest BCUT2D eigenvalue weighted by atomic mass is 16.5. The minimum atomic E-state index is -0.430. The molecule has 1 atom stereocenters. The molecule has 0 radical (unpaired) electrons. The fraction of sp³-hybridized carbons (Fsp3) is 0.381. The van der Waals surface area contributed by atoms with Crippen LogP contribution in [-0.2, 0) is 11.4 Å². The van der Waals surface area contributed by atoms with Crippen LogP contribution in [0.3, 0.4) is 0 Å². The molecule has 2 heterocycles. The number of carbonyl (C=O) groups is 2. The number of hydrogen-bond acceptors (Lipinski definition) is 5. The summed E-state index contributed by atoms with van der Waals surface area (Å²) in [6, 6.07) is 12.1. The Morgan fingerprint density at radius 2 is 2.04 bits per heavy atom. The van der Waals surface area contributed by atoms with Crippen LogP contribution in [0.5, 0.6) is 5.75 Å². The van der Waals surface area contributed by atoms with Crippen molar-refractivity contribution in [1.82, 2.24) is 10.2 Å². The van der Waals surface area contributed by atoms with E-state index < -0.39 is 6.04 Å². The van der Waals surface area contributed by atoms with Gasteiger partial charge in [-0.25, -0.2) is 0 Å². The van der Waals surface area contributed by atoms with Gasteiger partial charge in [-0.1, -0.05) is 12.1 Å². The second kappa shape index (κ2) is 7.77. The van der Waals surface area contributed by atoms with Crippen molar-refractivity contribution in [1.29, 1.82) is 5.26 Å². The number of carbonyl (C=O) groups excluding carboxylic acids is 2. The van der Waals surface area contributed by atoms with Crippen LogP contribution in [0.25, 0.3) is 0 Å². The van der Waals surface area contributed by atoms with Gasteiger partial charge in [0.1, 0.15) is 30.2 Å². The standard InChI is InChI=1S/C21H21N3O4/c22-12-14-4-1-2-6-18(14)27-13-16-9-10-19(28-16)21(26)24-11-3-5-17(24)20(25)23-15-7-8-15/h1-2,4,6,9-10,15,17H,3,5,7-8,11,13H2,(H,23,25). The largest absolute Gasteiger partial charge is 0.484 e. The highest BCUT2D eigenvalue weighted by Crippen LogP contribution is 2.25. The smallest absolute Gasteiger partial charge is 0.290 e. The van der Waals surface area contributed by atoms with Crippen molar-refractivity contribution in [2.75, 3.05) is 6.54 Å². The van der Waals surface area contributed by atoms with E-state index in [0.717, 1.165) is 19.3 Å². The first-order valence-electron chi connectivity index (χ1n) is 9.47. The molecule has 1 saturated heterocycles. The minimum Gasteiger partial charge on any atom is -0.484 e. The Balaban J connectivity index is 1.39. The van der Waals surface area contributed by atoms with Crippen molar-refractivity contribution in [3.8, 4) is 11.8 Å². The van der Waals surface area contributed by atoms with Crippen molar-refractivity contribution in [2.24, 2.45) is 0 Å². The topological polar surface area (TPSA) is 95.6 Å². The first kappa shape index (κ1) is 18.1. The number of nitriles is 1. The molecule has 2 aliphatic rings. The lowest BCUT2D eigenvalue weighted by atomic mass is 10.2. The summed E-state index contributed by atoms with van der Waals surface area (Å²) < 4.78 is 11.3. The van der Waals surface area contributed by atoms with Crippen molar-refractivity contribution >= 4 is 11.8 Å². The Morgan fingerprint density at radius 1 is 1.21 bits per heavy atom. The van der Waals surface area contributed by atoms with Gasteiger partial charge in [0.05, 0.1) is 5.56 Å². The molecule has 1 aliphatic carbocycles. The van der Waals surface area contributed by atoms with Crippen molar-refractivity contribution in [3.05, 3.63) is 53.5 Å². The van der Waals surface area contributed by atoms with E-state index in [1.165, 1.54) is 0 Å². The summed E-state index contributed by atoms with van der Waals surface area (Å²) in [6.07, 6.45) is 3.51. The van der Waals surface area contributed by atoms with E-state index >= 15 is 0 Å². The molecule has 7 heteroatoms. The number of furan rings is 1. The van der Waals surface area contributed by atoms with E-state index in [9.17, 15) is 9.59 Å². The second-order valence-electron chi connectivity index (χ2n) is 7.10. The normalized spacial score (nSPS) is 18.5. The van der Waals surface area contributed by atoms with Crippen LogP contribution in [0.1, 0.15) is 47.6 Å². The van der Waals surface area contributed by atoms with Gasteiger partial charge in [0.2, 0.25) is 5.91 Å². The molecule has 1 aromatic carbocycles. The van der Waals surface area contributed by atoms with E-state index in [0.29, 0.717) is 30.0 Å². The number of nitrogens with zero attached hydrogens (tertiary/aromatic N) is 2. The second-order valence-corrected chi connectivity index (χ2v) is 7.10. The number of rotatable bonds is 6. The fourth-order valence-corrected chi connectivity index (χ4v) is 3.35. The van der Waals surface area contributed by atoms with Gasteiger partial charge in [-0.2, -0.15) is 5.26 Å². The van der Waals surface area contributed by atoms with Crippen molar-refractivity contribution < 1.29 is 18.7 Å². The van der Waals surface area contributed by atoms with Gasteiger partial charge in [-0.05, 0) is 49.9 Å². The maximum Gasteiger partial charge on any atom is 0.290 e. The molecular formula is C21H21N3O4. The van der Waals surface area contributed by atoms with Crippen LogP contribution in [0, 0.1) is 11.3 Å². The van der Waals surface area contributed by atoms with Crippen molar-refractivity contribution in [3.63, 3.8) is 0 Å². The van der Waals surface area contributed by atoms with Gasteiger partial charge in [0, 0.05) is 12.6 Å². The van der Waals surface area contributed by atoms with Crippen LogP contribution in [0.2, 0.25) is 0 Å². The molecule has 0 bridgehead atoms. The summed E-state index contributed by atoms with van der Waals surface area (Å²) in [5.41, 5.74) is 0.437. The van der Waals surface area contributed by atoms with Crippen LogP contribution in [0.4, 0.5) is 0 Å². The Bertz CT molecular complexity index is 926. The Hall–Kier alpha value is -3.27. The first-order chi connectivity index (χ1) is 13.7. The molecule has 7 nitrogen and oxygen atoms in total. The van der Waals surface area contributed by atoms with Gasteiger partial charge in [-0.15, -0.1) is 0 Å². The van der Waals surface area contributed by atoms with Gasteiger partial charge >= 0.3 is 0 Å². The first-order valence-corrected chi connectivity index (χ1v) is 9.47. The highest BCUT2D eigenvalue weighted by Gasteiger charge is 2.37. The Kier molecular flexibility index (Phi) is 5.02. The zero-order chi connectivity index (χ0) is 19.5. The molecule has 2 fully saturated rings. The average Bonchev–Trinajstić information content (AvgIpc) is 3.21. The van der Waals surface area contributed by atoms with E-state index in [-0.39, 0.29) is 30.2 Å². The average molecular weight is 379 g/mol. The third-order valence-electron chi connectivity index (χ3n) is 4.99. The van der Waals surface area contributed by atoms with Gasteiger partial charge in [0.15, 0.2) is 5.76 Å².